The predicted octanol–water partition coefficient (Wildman–Crippen LogP) is 3.38. The van der Waals surface area contributed by atoms with Gasteiger partial charge in [-0.05, 0) is 30.7 Å². The summed E-state index contributed by atoms with van der Waals surface area (Å²) in [5.74, 6) is 0.396. The van der Waals surface area contributed by atoms with Crippen molar-refractivity contribution in [2.24, 2.45) is 0 Å². The van der Waals surface area contributed by atoms with Gasteiger partial charge in [0, 0.05) is 31.4 Å². The molecule has 2 heterocycles. The second-order valence-corrected chi connectivity index (χ2v) is 6.32. The zero-order chi connectivity index (χ0) is 20.5. The zero-order valence-electron chi connectivity index (χ0n) is 16.0. The second-order valence-electron chi connectivity index (χ2n) is 6.32. The van der Waals surface area contributed by atoms with Crippen LogP contribution < -0.4 is 15.4 Å². The van der Waals surface area contributed by atoms with Crippen LogP contribution in [0.2, 0.25) is 0 Å². The first-order chi connectivity index (χ1) is 14.1. The molecule has 0 spiro atoms. The monoisotopic (exact) mass is 390 g/mol. The molecule has 2 amide bonds. The highest BCUT2D eigenvalue weighted by Gasteiger charge is 2.10. The Morgan fingerprint density at radius 3 is 2.48 bits per heavy atom. The quantitative estimate of drug-likeness (QED) is 0.615. The third-order valence-corrected chi connectivity index (χ3v) is 4.14. The van der Waals surface area contributed by atoms with Gasteiger partial charge in [0.25, 0.3) is 5.91 Å². The van der Waals surface area contributed by atoms with Crippen LogP contribution in [0.1, 0.15) is 35.4 Å². The summed E-state index contributed by atoms with van der Waals surface area (Å²) in [5.41, 5.74) is 1.44. The number of nitrogens with zero attached hydrogens (tertiary/aromatic N) is 2. The molecule has 148 valence electrons. The zero-order valence-corrected chi connectivity index (χ0v) is 16.0. The Morgan fingerprint density at radius 1 is 1.00 bits per heavy atom. The van der Waals surface area contributed by atoms with E-state index in [1.807, 2.05) is 37.3 Å². The van der Waals surface area contributed by atoms with Crippen LogP contribution in [0.3, 0.4) is 0 Å². The molecule has 1 aromatic carbocycles. The highest BCUT2D eigenvalue weighted by atomic mass is 16.5. The number of hydrogen-bond donors (Lipinski definition) is 2. The lowest BCUT2D eigenvalue weighted by atomic mass is 10.1. The lowest BCUT2D eigenvalue weighted by molar-refractivity contribution is -0.116. The van der Waals surface area contributed by atoms with Crippen LogP contribution in [0.4, 0.5) is 5.82 Å². The molecule has 0 bridgehead atoms. The first-order valence-corrected chi connectivity index (χ1v) is 9.28. The molecule has 29 heavy (non-hydrogen) atoms. The fourth-order valence-electron chi connectivity index (χ4n) is 2.59. The van der Waals surface area contributed by atoms with Crippen LogP contribution in [0.25, 0.3) is 0 Å². The Labute approximate surface area is 169 Å². The molecular weight excluding hydrogens is 368 g/mol. The topological polar surface area (TPSA) is 93.2 Å². The summed E-state index contributed by atoms with van der Waals surface area (Å²) < 4.78 is 5.80. The average molecular weight is 390 g/mol. The van der Waals surface area contributed by atoms with E-state index in [1.54, 1.807) is 36.5 Å². The molecule has 0 aliphatic heterocycles. The highest BCUT2D eigenvalue weighted by molar-refractivity contribution is 5.94. The minimum atomic E-state index is -0.300. The first-order valence-electron chi connectivity index (χ1n) is 9.28. The second kappa shape index (κ2) is 9.98. The van der Waals surface area contributed by atoms with Gasteiger partial charge in [-0.3, -0.25) is 9.59 Å². The third-order valence-electron chi connectivity index (χ3n) is 4.14. The van der Waals surface area contributed by atoms with Crippen molar-refractivity contribution >= 4 is 17.6 Å². The summed E-state index contributed by atoms with van der Waals surface area (Å²) in [6.45, 7) is 2.15. The van der Waals surface area contributed by atoms with E-state index in [0.29, 0.717) is 17.3 Å². The molecule has 7 nitrogen and oxygen atoms in total. The number of ether oxygens (including phenoxy) is 1. The van der Waals surface area contributed by atoms with Crippen molar-refractivity contribution in [1.82, 2.24) is 15.3 Å². The summed E-state index contributed by atoms with van der Waals surface area (Å²) in [7, 11) is 0. The standard InChI is InChI=1S/C22H22N4O3/c1-16(17-7-3-2-4-8-17)29-21-11-10-18(15-25-21)22(28)24-14-12-20(27)26-19-9-5-6-13-23-19/h2-11,13,15-16H,12,14H2,1H3,(H,24,28)(H,23,26,27)/t16-/m1/s1. The van der Waals surface area contributed by atoms with Gasteiger partial charge in [0.2, 0.25) is 11.8 Å². The summed E-state index contributed by atoms with van der Waals surface area (Å²) in [4.78, 5) is 32.3. The van der Waals surface area contributed by atoms with E-state index < -0.39 is 0 Å². The SMILES string of the molecule is C[C@@H](Oc1ccc(C(=O)NCCC(=O)Nc2ccccn2)cn1)c1ccccc1. The summed E-state index contributed by atoms with van der Waals surface area (Å²) in [6, 6.07) is 18.4. The van der Waals surface area contributed by atoms with Crippen molar-refractivity contribution in [1.29, 1.82) is 0 Å². The van der Waals surface area contributed by atoms with Gasteiger partial charge < -0.3 is 15.4 Å². The lowest BCUT2D eigenvalue weighted by Crippen LogP contribution is -2.27. The number of anilines is 1. The summed E-state index contributed by atoms with van der Waals surface area (Å²) in [5, 5.41) is 5.37. The Balaban J connectivity index is 1.44. The largest absolute Gasteiger partial charge is 0.470 e. The van der Waals surface area contributed by atoms with Gasteiger partial charge in [0.1, 0.15) is 11.9 Å². The third kappa shape index (κ3) is 6.14. The number of carbonyl (C=O) groups excluding carboxylic acids is 2. The molecule has 0 aliphatic carbocycles. The number of nitrogens with one attached hydrogen (secondary N) is 2. The molecule has 0 radical (unpaired) electrons. The van der Waals surface area contributed by atoms with Gasteiger partial charge >= 0.3 is 0 Å². The van der Waals surface area contributed by atoms with Gasteiger partial charge in [-0.1, -0.05) is 36.4 Å². The maximum absolute atomic E-state index is 12.2. The normalized spacial score (nSPS) is 11.3. The van der Waals surface area contributed by atoms with E-state index in [9.17, 15) is 9.59 Å². The van der Waals surface area contributed by atoms with E-state index in [0.717, 1.165) is 5.56 Å². The van der Waals surface area contributed by atoms with Gasteiger partial charge in [-0.2, -0.15) is 0 Å². The number of pyridine rings is 2. The smallest absolute Gasteiger partial charge is 0.252 e. The van der Waals surface area contributed by atoms with Gasteiger partial charge in [0.05, 0.1) is 5.56 Å². The Kier molecular flexibility index (Phi) is 6.89. The van der Waals surface area contributed by atoms with Gasteiger partial charge in [0.15, 0.2) is 0 Å². The number of benzene rings is 1. The minimum Gasteiger partial charge on any atom is -0.470 e. The Hall–Kier alpha value is -3.74. The van der Waals surface area contributed by atoms with Crippen molar-refractivity contribution in [2.45, 2.75) is 19.4 Å². The van der Waals surface area contributed by atoms with E-state index in [4.69, 9.17) is 4.74 Å². The number of carbonyl (C=O) groups is 2. The van der Waals surface area contributed by atoms with Crippen LogP contribution in [0, 0.1) is 0 Å². The van der Waals surface area contributed by atoms with E-state index in [2.05, 4.69) is 20.6 Å². The van der Waals surface area contributed by atoms with Crippen molar-refractivity contribution in [3.05, 3.63) is 84.2 Å². The Bertz CT molecular complexity index is 931. The maximum Gasteiger partial charge on any atom is 0.252 e. The average Bonchev–Trinajstić information content (AvgIpc) is 2.75. The van der Waals surface area contributed by atoms with Crippen molar-refractivity contribution in [3.8, 4) is 5.88 Å². The molecule has 2 aromatic heterocycles. The van der Waals surface area contributed by atoms with E-state index >= 15 is 0 Å². The molecule has 2 N–H and O–H groups in total. The van der Waals surface area contributed by atoms with Gasteiger partial charge in [-0.25, -0.2) is 9.97 Å². The molecule has 0 unspecified atom stereocenters. The summed E-state index contributed by atoms with van der Waals surface area (Å²) in [6.07, 6.45) is 3.04. The molecule has 0 saturated carbocycles. The van der Waals surface area contributed by atoms with Crippen molar-refractivity contribution in [2.75, 3.05) is 11.9 Å². The van der Waals surface area contributed by atoms with Crippen molar-refractivity contribution in [3.63, 3.8) is 0 Å². The van der Waals surface area contributed by atoms with Crippen LogP contribution in [-0.2, 0) is 4.79 Å². The molecule has 1 atom stereocenters. The molecule has 3 aromatic rings. The fraction of sp³-hybridized carbons (Fsp3) is 0.182. The number of aromatic nitrogens is 2. The van der Waals surface area contributed by atoms with Crippen LogP contribution in [-0.4, -0.2) is 28.3 Å². The molecule has 3 rings (SSSR count). The first kappa shape index (κ1) is 20.0. The van der Waals surface area contributed by atoms with Crippen LogP contribution >= 0.6 is 0 Å². The molecule has 0 fully saturated rings. The number of amides is 2. The fourth-order valence-corrected chi connectivity index (χ4v) is 2.59. The number of rotatable bonds is 8. The Morgan fingerprint density at radius 2 is 1.79 bits per heavy atom. The lowest BCUT2D eigenvalue weighted by Gasteiger charge is -2.14. The molecule has 0 saturated heterocycles. The maximum atomic E-state index is 12.2. The van der Waals surface area contributed by atoms with Crippen LogP contribution in [0.5, 0.6) is 5.88 Å². The molecule has 0 aliphatic rings. The summed E-state index contributed by atoms with van der Waals surface area (Å²) >= 11 is 0. The van der Waals surface area contributed by atoms with Crippen LogP contribution in [0.15, 0.2) is 73.1 Å². The minimum absolute atomic E-state index is 0.144. The van der Waals surface area contributed by atoms with E-state index in [-0.39, 0.29) is 30.9 Å². The number of hydrogen-bond acceptors (Lipinski definition) is 5. The van der Waals surface area contributed by atoms with Crippen molar-refractivity contribution < 1.29 is 14.3 Å². The van der Waals surface area contributed by atoms with Gasteiger partial charge in [-0.15, -0.1) is 0 Å². The predicted molar refractivity (Wildman–Crippen MR) is 110 cm³/mol. The highest BCUT2D eigenvalue weighted by Crippen LogP contribution is 2.19. The molecule has 7 heteroatoms. The van der Waals surface area contributed by atoms with E-state index in [1.165, 1.54) is 6.20 Å². The molecular formula is C22H22N4O3.